The highest BCUT2D eigenvalue weighted by atomic mass is 32.2. The fourth-order valence-electron chi connectivity index (χ4n) is 2.47. The van der Waals surface area contributed by atoms with Crippen LogP contribution in [-0.2, 0) is 0 Å². The zero-order valence-electron chi connectivity index (χ0n) is 11.1. The fraction of sp³-hybridized carbons (Fsp3) is 0.615. The molecule has 102 valence electrons. The number of rotatable bonds is 4. The monoisotopic (exact) mass is 277 g/mol. The van der Waals surface area contributed by atoms with Gasteiger partial charge in [-0.2, -0.15) is 4.98 Å². The first-order valence-corrected chi connectivity index (χ1v) is 7.86. The first-order valence-electron chi connectivity index (χ1n) is 6.98. The van der Waals surface area contributed by atoms with Crippen LogP contribution in [0.5, 0.6) is 0 Å². The number of nitrogens with one attached hydrogen (secondary N) is 2. The number of hydrogen-bond donors (Lipinski definition) is 2. The summed E-state index contributed by atoms with van der Waals surface area (Å²) in [6.07, 6.45) is 8.34. The van der Waals surface area contributed by atoms with Crippen molar-refractivity contribution < 1.29 is 0 Å². The second-order valence-electron chi connectivity index (χ2n) is 4.86. The number of anilines is 1. The van der Waals surface area contributed by atoms with Crippen molar-refractivity contribution in [2.45, 2.75) is 49.3 Å². The molecule has 0 radical (unpaired) electrons. The van der Waals surface area contributed by atoms with E-state index in [1.165, 1.54) is 32.1 Å². The second-order valence-corrected chi connectivity index (χ2v) is 6.15. The molecule has 6 heteroatoms. The van der Waals surface area contributed by atoms with Crippen LogP contribution in [0.15, 0.2) is 11.4 Å². The van der Waals surface area contributed by atoms with Crippen molar-refractivity contribution in [2.24, 2.45) is 0 Å². The summed E-state index contributed by atoms with van der Waals surface area (Å²) < 4.78 is 0. The first-order chi connectivity index (χ1) is 9.36. The average Bonchev–Trinajstić information content (AvgIpc) is 2.89. The molecule has 0 aromatic carbocycles. The first kappa shape index (κ1) is 12.7. The van der Waals surface area contributed by atoms with Crippen LogP contribution in [0.4, 0.5) is 5.95 Å². The van der Waals surface area contributed by atoms with E-state index in [2.05, 4.69) is 25.3 Å². The molecule has 1 aliphatic rings. The van der Waals surface area contributed by atoms with Crippen LogP contribution in [0.25, 0.3) is 11.2 Å². The maximum Gasteiger partial charge on any atom is 0.225 e. The van der Waals surface area contributed by atoms with E-state index in [-0.39, 0.29) is 0 Å². The predicted molar refractivity (Wildman–Crippen MR) is 78.6 cm³/mol. The molecule has 19 heavy (non-hydrogen) atoms. The van der Waals surface area contributed by atoms with Crippen molar-refractivity contribution in [3.8, 4) is 0 Å². The highest BCUT2D eigenvalue weighted by Crippen LogP contribution is 2.35. The number of imidazole rings is 1. The van der Waals surface area contributed by atoms with Crippen molar-refractivity contribution >= 4 is 28.9 Å². The van der Waals surface area contributed by atoms with Gasteiger partial charge in [-0.3, -0.25) is 0 Å². The standard InChI is InChI=1S/C13H19N5S/c1-2-14-13-17-11-10(15-8-16-11)12(18-13)19-9-6-4-3-5-7-9/h8-9H,2-7H2,1H3,(H2,14,15,16,17,18). The van der Waals surface area contributed by atoms with Gasteiger partial charge in [0, 0.05) is 11.8 Å². The summed E-state index contributed by atoms with van der Waals surface area (Å²) in [6.45, 7) is 2.87. The molecule has 2 aromatic rings. The third-order valence-corrected chi connectivity index (χ3v) is 4.74. The van der Waals surface area contributed by atoms with Crippen LogP contribution in [-0.4, -0.2) is 31.7 Å². The summed E-state index contributed by atoms with van der Waals surface area (Å²) in [5.74, 6) is 0.681. The molecule has 1 saturated carbocycles. The third kappa shape index (κ3) is 2.83. The molecule has 2 N–H and O–H groups in total. The smallest absolute Gasteiger partial charge is 0.225 e. The number of aromatic amines is 1. The third-order valence-electron chi connectivity index (χ3n) is 3.42. The Morgan fingerprint density at radius 3 is 2.95 bits per heavy atom. The topological polar surface area (TPSA) is 66.5 Å². The van der Waals surface area contributed by atoms with E-state index in [1.54, 1.807) is 6.33 Å². The Bertz CT molecular complexity index is 547. The van der Waals surface area contributed by atoms with Crippen molar-refractivity contribution in [1.82, 2.24) is 19.9 Å². The average molecular weight is 277 g/mol. The Balaban J connectivity index is 1.88. The van der Waals surface area contributed by atoms with Crippen LogP contribution in [0, 0.1) is 0 Å². The number of nitrogens with zero attached hydrogens (tertiary/aromatic N) is 3. The van der Waals surface area contributed by atoms with Crippen LogP contribution in [0.3, 0.4) is 0 Å². The van der Waals surface area contributed by atoms with Crippen LogP contribution in [0.1, 0.15) is 39.0 Å². The minimum atomic E-state index is 0.681. The minimum absolute atomic E-state index is 0.681. The number of hydrogen-bond acceptors (Lipinski definition) is 5. The summed E-state index contributed by atoms with van der Waals surface area (Å²) >= 11 is 1.88. The number of thioether (sulfide) groups is 1. The van der Waals surface area contributed by atoms with Gasteiger partial charge in [-0.1, -0.05) is 19.3 Å². The molecule has 1 aliphatic carbocycles. The Hall–Kier alpha value is -1.30. The lowest BCUT2D eigenvalue weighted by molar-refractivity contribution is 0.516. The largest absolute Gasteiger partial charge is 0.354 e. The van der Waals surface area contributed by atoms with E-state index >= 15 is 0 Å². The Morgan fingerprint density at radius 2 is 2.16 bits per heavy atom. The van der Waals surface area contributed by atoms with E-state index < -0.39 is 0 Å². The second kappa shape index (κ2) is 5.77. The van der Waals surface area contributed by atoms with Crippen molar-refractivity contribution in [1.29, 1.82) is 0 Å². The molecule has 0 spiro atoms. The Labute approximate surface area is 117 Å². The van der Waals surface area contributed by atoms with Gasteiger partial charge in [-0.05, 0) is 19.8 Å². The lowest BCUT2D eigenvalue weighted by Crippen LogP contribution is -2.09. The number of aromatic nitrogens is 4. The summed E-state index contributed by atoms with van der Waals surface area (Å²) in [5, 5.41) is 4.90. The van der Waals surface area contributed by atoms with Gasteiger partial charge in [0.1, 0.15) is 10.5 Å². The highest BCUT2D eigenvalue weighted by molar-refractivity contribution is 8.00. The molecule has 5 nitrogen and oxygen atoms in total. The zero-order chi connectivity index (χ0) is 13.1. The lowest BCUT2D eigenvalue weighted by Gasteiger charge is -2.20. The van der Waals surface area contributed by atoms with Gasteiger partial charge in [0.15, 0.2) is 5.65 Å². The van der Waals surface area contributed by atoms with Gasteiger partial charge >= 0.3 is 0 Å². The van der Waals surface area contributed by atoms with Crippen molar-refractivity contribution in [3.63, 3.8) is 0 Å². The number of fused-ring (bicyclic) bond motifs is 1. The normalized spacial score (nSPS) is 16.9. The van der Waals surface area contributed by atoms with Gasteiger partial charge < -0.3 is 10.3 Å². The van der Waals surface area contributed by atoms with E-state index in [0.717, 1.165) is 22.7 Å². The van der Waals surface area contributed by atoms with E-state index in [9.17, 15) is 0 Å². The highest BCUT2D eigenvalue weighted by Gasteiger charge is 2.18. The Kier molecular flexibility index (Phi) is 3.87. The molecule has 2 aromatic heterocycles. The molecule has 0 atom stereocenters. The summed E-state index contributed by atoms with van der Waals surface area (Å²) in [7, 11) is 0. The fourth-order valence-corrected chi connectivity index (χ4v) is 3.76. The molecule has 1 fully saturated rings. The summed E-state index contributed by atoms with van der Waals surface area (Å²) in [6, 6.07) is 0. The maximum absolute atomic E-state index is 4.63. The maximum atomic E-state index is 4.63. The lowest BCUT2D eigenvalue weighted by atomic mass is 10.0. The Morgan fingerprint density at radius 1 is 1.32 bits per heavy atom. The summed E-state index contributed by atoms with van der Waals surface area (Å²) in [4.78, 5) is 16.4. The van der Waals surface area contributed by atoms with Crippen molar-refractivity contribution in [2.75, 3.05) is 11.9 Å². The molecule has 3 rings (SSSR count). The molecule has 0 amide bonds. The van der Waals surface area contributed by atoms with Crippen LogP contribution in [0.2, 0.25) is 0 Å². The van der Waals surface area contributed by atoms with Gasteiger partial charge in [0.25, 0.3) is 0 Å². The van der Waals surface area contributed by atoms with E-state index in [1.807, 2.05) is 18.7 Å². The van der Waals surface area contributed by atoms with E-state index in [0.29, 0.717) is 11.2 Å². The van der Waals surface area contributed by atoms with Crippen molar-refractivity contribution in [3.05, 3.63) is 6.33 Å². The van der Waals surface area contributed by atoms with Gasteiger partial charge in [-0.15, -0.1) is 11.8 Å². The molecule has 2 heterocycles. The summed E-state index contributed by atoms with van der Waals surface area (Å²) in [5.41, 5.74) is 1.72. The zero-order valence-corrected chi connectivity index (χ0v) is 12.0. The molecule has 0 aliphatic heterocycles. The molecular formula is C13H19N5S. The minimum Gasteiger partial charge on any atom is -0.354 e. The quantitative estimate of drug-likeness (QED) is 0.840. The molecular weight excluding hydrogens is 258 g/mol. The predicted octanol–water partition coefficient (Wildman–Crippen LogP) is 3.21. The van der Waals surface area contributed by atoms with Crippen LogP contribution >= 0.6 is 11.8 Å². The van der Waals surface area contributed by atoms with Gasteiger partial charge in [0.2, 0.25) is 5.95 Å². The SMILES string of the molecule is CCNc1nc(SC2CCCCC2)c2[nH]cnc2n1. The van der Waals surface area contributed by atoms with Crippen LogP contribution < -0.4 is 5.32 Å². The molecule has 0 saturated heterocycles. The molecule has 0 bridgehead atoms. The van der Waals surface area contributed by atoms with Gasteiger partial charge in [-0.25, -0.2) is 9.97 Å². The van der Waals surface area contributed by atoms with Gasteiger partial charge in [0.05, 0.1) is 6.33 Å². The molecule has 0 unspecified atom stereocenters. The number of H-pyrrole nitrogens is 1. The van der Waals surface area contributed by atoms with E-state index in [4.69, 9.17) is 0 Å².